The summed E-state index contributed by atoms with van der Waals surface area (Å²) in [6.45, 7) is 6.95. The van der Waals surface area contributed by atoms with E-state index in [4.69, 9.17) is 10.1 Å². The highest BCUT2D eigenvalue weighted by Gasteiger charge is 2.26. The fourth-order valence-electron chi connectivity index (χ4n) is 2.92. The van der Waals surface area contributed by atoms with E-state index in [2.05, 4.69) is 17.5 Å². The summed E-state index contributed by atoms with van der Waals surface area (Å²) in [5, 5.41) is 7.90. The van der Waals surface area contributed by atoms with Crippen LogP contribution in [-0.4, -0.2) is 67.1 Å². The van der Waals surface area contributed by atoms with Crippen molar-refractivity contribution in [3.63, 3.8) is 0 Å². The third-order valence-corrected chi connectivity index (χ3v) is 4.96. The van der Waals surface area contributed by atoms with E-state index in [9.17, 15) is 4.79 Å². The smallest absolute Gasteiger partial charge is 0.254 e. The van der Waals surface area contributed by atoms with Crippen LogP contribution in [0.4, 0.5) is 0 Å². The monoisotopic (exact) mass is 361 g/mol. The quantitative estimate of drug-likeness (QED) is 0.605. The van der Waals surface area contributed by atoms with Gasteiger partial charge in [-0.3, -0.25) is 4.79 Å². The molecule has 25 heavy (non-hydrogen) atoms. The maximum atomic E-state index is 13.0. The molecule has 1 aliphatic heterocycles. The van der Waals surface area contributed by atoms with Crippen LogP contribution < -0.4 is 0 Å². The topological polar surface area (TPSA) is 56.6 Å². The molecule has 0 radical (unpaired) electrons. The zero-order valence-electron chi connectivity index (χ0n) is 15.2. The Kier molecular flexibility index (Phi) is 7.08. The Morgan fingerprint density at radius 1 is 1.36 bits per heavy atom. The molecule has 1 N–H and O–H groups in total. The van der Waals surface area contributed by atoms with Gasteiger partial charge in [0.1, 0.15) is 0 Å². The number of rotatable bonds is 6. The Bertz CT molecular complexity index is 673. The van der Waals surface area contributed by atoms with Crippen LogP contribution in [0.25, 0.3) is 0 Å². The van der Waals surface area contributed by atoms with Crippen molar-refractivity contribution >= 4 is 24.2 Å². The molecular weight excluding hydrogens is 334 g/mol. The lowest BCUT2D eigenvalue weighted by Crippen LogP contribution is -2.48. The number of piperazine rings is 1. The third-order valence-electron chi connectivity index (χ3n) is 4.58. The lowest BCUT2D eigenvalue weighted by Gasteiger charge is -2.38. The fraction of sp³-hybridized carbons (Fsp3) is 0.474. The first kappa shape index (κ1) is 19.5. The SMILES string of the molecule is COC/C=C1\CN(C(=O)c2cccc(C)c2C)CCN1CC(=N)CS. The van der Waals surface area contributed by atoms with E-state index in [1.165, 1.54) is 0 Å². The van der Waals surface area contributed by atoms with E-state index >= 15 is 0 Å². The first-order valence-electron chi connectivity index (χ1n) is 8.43. The van der Waals surface area contributed by atoms with Gasteiger partial charge in [-0.05, 0) is 37.1 Å². The highest BCUT2D eigenvalue weighted by molar-refractivity contribution is 7.81. The molecule has 0 unspecified atom stereocenters. The van der Waals surface area contributed by atoms with Crippen LogP contribution in [0.3, 0.4) is 0 Å². The summed E-state index contributed by atoms with van der Waals surface area (Å²) in [7, 11) is 1.65. The summed E-state index contributed by atoms with van der Waals surface area (Å²) >= 11 is 4.17. The standard InChI is InChI=1S/C19H27N3O2S/c1-14-5-4-6-18(15(14)2)19(23)22-9-8-21(11-16(20)13-25)17(12-22)7-10-24-3/h4-7,20,25H,8-13H2,1-3H3/b17-7+,20-16?. The molecule has 2 rings (SSSR count). The molecule has 0 aliphatic carbocycles. The molecule has 1 aromatic rings. The highest BCUT2D eigenvalue weighted by Crippen LogP contribution is 2.19. The number of benzene rings is 1. The molecular formula is C19H27N3O2S. The molecule has 6 heteroatoms. The Morgan fingerprint density at radius 2 is 2.12 bits per heavy atom. The van der Waals surface area contributed by atoms with Crippen molar-refractivity contribution in [1.29, 1.82) is 5.41 Å². The summed E-state index contributed by atoms with van der Waals surface area (Å²) < 4.78 is 5.16. The average Bonchev–Trinajstić information content (AvgIpc) is 2.62. The Hall–Kier alpha value is -1.79. The molecule has 1 fully saturated rings. The predicted molar refractivity (Wildman–Crippen MR) is 105 cm³/mol. The minimum atomic E-state index is 0.0634. The molecule has 1 saturated heterocycles. The second kappa shape index (κ2) is 9.06. The van der Waals surface area contributed by atoms with E-state index in [-0.39, 0.29) is 5.91 Å². The van der Waals surface area contributed by atoms with Gasteiger partial charge in [0, 0.05) is 42.9 Å². The van der Waals surface area contributed by atoms with Gasteiger partial charge in [-0.2, -0.15) is 12.6 Å². The molecule has 1 aliphatic rings. The lowest BCUT2D eigenvalue weighted by molar-refractivity contribution is 0.0704. The highest BCUT2D eigenvalue weighted by atomic mass is 32.1. The van der Waals surface area contributed by atoms with Crippen molar-refractivity contribution < 1.29 is 9.53 Å². The van der Waals surface area contributed by atoms with Gasteiger partial charge in [0.25, 0.3) is 5.91 Å². The molecule has 0 bridgehead atoms. The predicted octanol–water partition coefficient (Wildman–Crippen LogP) is 2.54. The van der Waals surface area contributed by atoms with Crippen molar-refractivity contribution in [1.82, 2.24) is 9.80 Å². The molecule has 1 heterocycles. The fourth-order valence-corrected chi connectivity index (χ4v) is 3.02. The summed E-state index contributed by atoms with van der Waals surface area (Å²) in [6.07, 6.45) is 1.99. The van der Waals surface area contributed by atoms with Gasteiger partial charge in [-0.25, -0.2) is 0 Å². The number of carbonyl (C=O) groups excluding carboxylic acids is 1. The number of nitrogens with zero attached hydrogens (tertiary/aromatic N) is 2. The summed E-state index contributed by atoms with van der Waals surface area (Å²) in [4.78, 5) is 17.0. The lowest BCUT2D eigenvalue weighted by atomic mass is 10.0. The van der Waals surface area contributed by atoms with Gasteiger partial charge in [-0.1, -0.05) is 12.1 Å². The van der Waals surface area contributed by atoms with Crippen LogP contribution in [0.15, 0.2) is 30.0 Å². The van der Waals surface area contributed by atoms with Crippen LogP contribution in [0.5, 0.6) is 0 Å². The van der Waals surface area contributed by atoms with E-state index < -0.39 is 0 Å². The first-order valence-corrected chi connectivity index (χ1v) is 9.06. The van der Waals surface area contributed by atoms with Crippen molar-refractivity contribution in [2.24, 2.45) is 0 Å². The number of hydrogen-bond donors (Lipinski definition) is 2. The molecule has 5 nitrogen and oxygen atoms in total. The van der Waals surface area contributed by atoms with E-state index in [1.54, 1.807) is 7.11 Å². The zero-order chi connectivity index (χ0) is 18.4. The van der Waals surface area contributed by atoms with Crippen molar-refractivity contribution in [3.05, 3.63) is 46.7 Å². The molecule has 136 valence electrons. The molecule has 0 spiro atoms. The van der Waals surface area contributed by atoms with Crippen molar-refractivity contribution in [2.45, 2.75) is 13.8 Å². The Balaban J connectivity index is 2.18. The second-order valence-corrected chi connectivity index (χ2v) is 6.62. The van der Waals surface area contributed by atoms with Crippen LogP contribution in [0, 0.1) is 19.3 Å². The second-order valence-electron chi connectivity index (χ2n) is 6.31. The van der Waals surface area contributed by atoms with Gasteiger partial charge in [0.2, 0.25) is 0 Å². The molecule has 1 amide bonds. The normalized spacial score (nSPS) is 16.4. The maximum Gasteiger partial charge on any atom is 0.254 e. The maximum absolute atomic E-state index is 13.0. The zero-order valence-corrected chi connectivity index (χ0v) is 16.1. The Labute approximate surface area is 155 Å². The molecule has 0 saturated carbocycles. The van der Waals surface area contributed by atoms with Gasteiger partial charge >= 0.3 is 0 Å². The van der Waals surface area contributed by atoms with Gasteiger partial charge in [0.15, 0.2) is 0 Å². The minimum absolute atomic E-state index is 0.0634. The number of amides is 1. The molecule has 0 atom stereocenters. The van der Waals surface area contributed by atoms with Crippen molar-refractivity contribution in [2.75, 3.05) is 45.6 Å². The van der Waals surface area contributed by atoms with Crippen LogP contribution in [0.1, 0.15) is 21.5 Å². The van der Waals surface area contributed by atoms with Crippen LogP contribution in [0.2, 0.25) is 0 Å². The average molecular weight is 362 g/mol. The number of aryl methyl sites for hydroxylation is 1. The number of nitrogens with one attached hydrogen (secondary N) is 1. The first-order chi connectivity index (χ1) is 12.0. The van der Waals surface area contributed by atoms with Gasteiger partial charge in [0.05, 0.1) is 19.7 Å². The number of thiol groups is 1. The minimum Gasteiger partial charge on any atom is -0.381 e. The van der Waals surface area contributed by atoms with Gasteiger partial charge in [-0.15, -0.1) is 0 Å². The van der Waals surface area contributed by atoms with Crippen molar-refractivity contribution in [3.8, 4) is 0 Å². The summed E-state index contributed by atoms with van der Waals surface area (Å²) in [5.74, 6) is 0.507. The Morgan fingerprint density at radius 3 is 2.80 bits per heavy atom. The van der Waals surface area contributed by atoms with E-state index in [1.807, 2.05) is 43.0 Å². The molecule has 0 aromatic heterocycles. The molecule has 1 aromatic carbocycles. The number of methoxy groups -OCH3 is 1. The van der Waals surface area contributed by atoms with E-state index in [0.717, 1.165) is 22.4 Å². The summed E-state index contributed by atoms with van der Waals surface area (Å²) in [5.41, 5.74) is 4.53. The largest absolute Gasteiger partial charge is 0.381 e. The number of ether oxygens (including phenoxy) is 1. The van der Waals surface area contributed by atoms with Crippen LogP contribution in [-0.2, 0) is 4.74 Å². The van der Waals surface area contributed by atoms with Crippen LogP contribution >= 0.6 is 12.6 Å². The third kappa shape index (κ3) is 4.86. The van der Waals surface area contributed by atoms with E-state index in [0.29, 0.717) is 44.3 Å². The number of hydrogen-bond acceptors (Lipinski definition) is 5. The summed E-state index contributed by atoms with van der Waals surface area (Å²) in [6, 6.07) is 5.85. The number of carbonyl (C=O) groups is 1. The van der Waals surface area contributed by atoms with Gasteiger partial charge < -0.3 is 19.9 Å².